The van der Waals surface area contributed by atoms with Crippen molar-refractivity contribution in [2.75, 3.05) is 25.6 Å². The second-order valence-corrected chi connectivity index (χ2v) is 5.05. The molecule has 0 atom stereocenters. The summed E-state index contributed by atoms with van der Waals surface area (Å²) in [7, 11) is 3.28. The highest BCUT2D eigenvalue weighted by Crippen LogP contribution is 2.33. The average Bonchev–Trinajstić information content (AvgIpc) is 2.98. The van der Waals surface area contributed by atoms with E-state index in [2.05, 4.69) is 14.7 Å². The van der Waals surface area contributed by atoms with Crippen LogP contribution in [0.1, 0.15) is 43.6 Å². The molecule has 0 bridgehead atoms. The minimum Gasteiger partial charge on any atom is -0.469 e. The minimum absolute atomic E-state index is 0.213. The van der Waals surface area contributed by atoms with Gasteiger partial charge in [0.25, 0.3) is 0 Å². The zero-order chi connectivity index (χ0) is 13.7. The Labute approximate surface area is 114 Å². The van der Waals surface area contributed by atoms with Crippen LogP contribution in [-0.2, 0) is 9.53 Å². The molecule has 1 aliphatic carbocycles. The van der Waals surface area contributed by atoms with Gasteiger partial charge in [-0.15, -0.1) is 0 Å². The van der Waals surface area contributed by atoms with Crippen LogP contribution in [0.2, 0.25) is 0 Å². The van der Waals surface area contributed by atoms with Gasteiger partial charge in [-0.25, -0.2) is 9.97 Å². The molecule has 19 heavy (non-hydrogen) atoms. The second-order valence-electron chi connectivity index (χ2n) is 5.05. The number of carbonyl (C=O) groups is 1. The predicted octanol–water partition coefficient (Wildman–Crippen LogP) is 2.13. The molecule has 1 aliphatic rings. The van der Waals surface area contributed by atoms with Crippen molar-refractivity contribution in [3.05, 3.63) is 18.0 Å². The van der Waals surface area contributed by atoms with Crippen LogP contribution in [0.3, 0.4) is 0 Å². The number of anilines is 1. The van der Waals surface area contributed by atoms with Crippen molar-refractivity contribution in [1.82, 2.24) is 9.97 Å². The van der Waals surface area contributed by atoms with E-state index in [1.165, 1.54) is 38.4 Å². The molecule has 0 aliphatic heterocycles. The van der Waals surface area contributed by atoms with Gasteiger partial charge in [0, 0.05) is 26.0 Å². The van der Waals surface area contributed by atoms with E-state index >= 15 is 0 Å². The van der Waals surface area contributed by atoms with E-state index < -0.39 is 0 Å². The van der Waals surface area contributed by atoms with Gasteiger partial charge in [-0.05, 0) is 24.3 Å². The molecule has 0 N–H and O–H groups in total. The van der Waals surface area contributed by atoms with Crippen LogP contribution in [0.25, 0.3) is 0 Å². The van der Waals surface area contributed by atoms with E-state index in [0.29, 0.717) is 24.8 Å². The van der Waals surface area contributed by atoms with Gasteiger partial charge in [0.1, 0.15) is 0 Å². The summed E-state index contributed by atoms with van der Waals surface area (Å²) >= 11 is 0. The SMILES string of the molecule is COC(=O)CCN(C)c1ncc(C2CCCC2)cn1. The number of nitrogens with zero attached hydrogens (tertiary/aromatic N) is 3. The molecular weight excluding hydrogens is 242 g/mol. The van der Waals surface area contributed by atoms with Crippen LogP contribution in [0.5, 0.6) is 0 Å². The van der Waals surface area contributed by atoms with Crippen LogP contribution < -0.4 is 4.90 Å². The number of carbonyl (C=O) groups excluding carboxylic acids is 1. The molecule has 0 spiro atoms. The summed E-state index contributed by atoms with van der Waals surface area (Å²) in [5.41, 5.74) is 1.24. The fourth-order valence-electron chi connectivity index (χ4n) is 2.46. The summed E-state index contributed by atoms with van der Waals surface area (Å²) in [6.45, 7) is 0.565. The highest BCUT2D eigenvalue weighted by atomic mass is 16.5. The third-order valence-electron chi connectivity index (χ3n) is 3.71. The van der Waals surface area contributed by atoms with Crippen LogP contribution >= 0.6 is 0 Å². The maximum atomic E-state index is 11.1. The molecule has 5 heteroatoms. The molecule has 1 saturated carbocycles. The fraction of sp³-hybridized carbons (Fsp3) is 0.643. The maximum Gasteiger partial charge on any atom is 0.307 e. The van der Waals surface area contributed by atoms with Crippen molar-refractivity contribution in [3.63, 3.8) is 0 Å². The number of methoxy groups -OCH3 is 1. The van der Waals surface area contributed by atoms with Gasteiger partial charge in [0.15, 0.2) is 0 Å². The summed E-state index contributed by atoms with van der Waals surface area (Å²) in [5.74, 6) is 1.08. The molecule has 1 aromatic heterocycles. The normalized spacial score (nSPS) is 15.5. The van der Waals surface area contributed by atoms with Gasteiger partial charge in [0.2, 0.25) is 5.95 Å². The van der Waals surface area contributed by atoms with Crippen LogP contribution in [0.15, 0.2) is 12.4 Å². The molecule has 0 radical (unpaired) electrons. The van der Waals surface area contributed by atoms with E-state index in [1.54, 1.807) is 0 Å². The topological polar surface area (TPSA) is 55.3 Å². The van der Waals surface area contributed by atoms with Gasteiger partial charge in [-0.2, -0.15) is 0 Å². The van der Waals surface area contributed by atoms with Crippen molar-refractivity contribution in [3.8, 4) is 0 Å². The van der Waals surface area contributed by atoms with Crippen molar-refractivity contribution in [2.45, 2.75) is 38.0 Å². The van der Waals surface area contributed by atoms with Gasteiger partial charge >= 0.3 is 5.97 Å². The van der Waals surface area contributed by atoms with E-state index in [4.69, 9.17) is 0 Å². The summed E-state index contributed by atoms with van der Waals surface area (Å²) in [6.07, 6.45) is 9.32. The number of aromatic nitrogens is 2. The number of rotatable bonds is 5. The molecule has 5 nitrogen and oxygen atoms in total. The molecule has 0 amide bonds. The largest absolute Gasteiger partial charge is 0.469 e. The molecule has 1 heterocycles. The summed E-state index contributed by atoms with van der Waals surface area (Å²) < 4.78 is 4.62. The molecule has 0 saturated heterocycles. The van der Waals surface area contributed by atoms with Crippen LogP contribution in [0, 0.1) is 0 Å². The number of esters is 1. The fourth-order valence-corrected chi connectivity index (χ4v) is 2.46. The maximum absolute atomic E-state index is 11.1. The number of hydrogen-bond acceptors (Lipinski definition) is 5. The Balaban J connectivity index is 1.91. The average molecular weight is 263 g/mol. The lowest BCUT2D eigenvalue weighted by molar-refractivity contribution is -0.140. The van der Waals surface area contributed by atoms with Gasteiger partial charge < -0.3 is 9.64 Å². The summed E-state index contributed by atoms with van der Waals surface area (Å²) in [5, 5.41) is 0. The van der Waals surface area contributed by atoms with E-state index in [9.17, 15) is 4.79 Å². The Morgan fingerprint density at radius 3 is 2.58 bits per heavy atom. The van der Waals surface area contributed by atoms with Crippen molar-refractivity contribution in [2.24, 2.45) is 0 Å². The number of ether oxygens (including phenoxy) is 1. The first-order valence-corrected chi connectivity index (χ1v) is 6.80. The zero-order valence-electron chi connectivity index (χ0n) is 11.6. The third-order valence-corrected chi connectivity index (χ3v) is 3.71. The molecule has 2 rings (SSSR count). The summed E-state index contributed by atoms with van der Waals surface area (Å²) in [6, 6.07) is 0. The first kappa shape index (κ1) is 13.8. The Kier molecular flexibility index (Phi) is 4.71. The molecule has 1 fully saturated rings. The zero-order valence-corrected chi connectivity index (χ0v) is 11.6. The van der Waals surface area contributed by atoms with E-state index in [-0.39, 0.29) is 5.97 Å². The van der Waals surface area contributed by atoms with Crippen LogP contribution in [-0.4, -0.2) is 36.6 Å². The second kappa shape index (κ2) is 6.50. The van der Waals surface area contributed by atoms with Gasteiger partial charge in [-0.1, -0.05) is 12.8 Å². The van der Waals surface area contributed by atoms with Crippen LogP contribution in [0.4, 0.5) is 5.95 Å². The Morgan fingerprint density at radius 1 is 1.37 bits per heavy atom. The highest BCUT2D eigenvalue weighted by molar-refractivity contribution is 5.69. The number of hydrogen-bond donors (Lipinski definition) is 0. The summed E-state index contributed by atoms with van der Waals surface area (Å²) in [4.78, 5) is 21.7. The van der Waals surface area contributed by atoms with Crippen molar-refractivity contribution < 1.29 is 9.53 Å². The quantitative estimate of drug-likeness (QED) is 0.762. The first-order valence-electron chi connectivity index (χ1n) is 6.80. The lowest BCUT2D eigenvalue weighted by Gasteiger charge is -2.17. The molecular formula is C14H21N3O2. The minimum atomic E-state index is -0.213. The molecule has 104 valence electrons. The van der Waals surface area contributed by atoms with Gasteiger partial charge in [0.05, 0.1) is 13.5 Å². The predicted molar refractivity (Wildman–Crippen MR) is 73.1 cm³/mol. The Morgan fingerprint density at radius 2 is 2.00 bits per heavy atom. The Bertz CT molecular complexity index is 413. The smallest absolute Gasteiger partial charge is 0.307 e. The lowest BCUT2D eigenvalue weighted by atomic mass is 10.0. The molecule has 0 unspecified atom stereocenters. The standard InChI is InChI=1S/C14H21N3O2/c1-17(8-7-13(18)19-2)14-15-9-12(10-16-14)11-5-3-4-6-11/h9-11H,3-8H2,1-2H3. The Hall–Kier alpha value is -1.65. The third kappa shape index (κ3) is 3.66. The first-order chi connectivity index (χ1) is 9.20. The van der Waals surface area contributed by atoms with Crippen molar-refractivity contribution >= 4 is 11.9 Å². The van der Waals surface area contributed by atoms with Crippen molar-refractivity contribution in [1.29, 1.82) is 0 Å². The molecule has 0 aromatic carbocycles. The highest BCUT2D eigenvalue weighted by Gasteiger charge is 2.18. The van der Waals surface area contributed by atoms with E-state index in [1.807, 2.05) is 24.3 Å². The monoisotopic (exact) mass is 263 g/mol. The molecule has 1 aromatic rings. The van der Waals surface area contributed by atoms with Gasteiger partial charge in [-0.3, -0.25) is 4.79 Å². The lowest BCUT2D eigenvalue weighted by Crippen LogP contribution is -2.23. The van der Waals surface area contributed by atoms with E-state index in [0.717, 1.165) is 0 Å².